The largest absolute Gasteiger partial charge is 0.326 e. The van der Waals surface area contributed by atoms with Gasteiger partial charge in [0.15, 0.2) is 0 Å². The Hall–Kier alpha value is -2.02. The van der Waals surface area contributed by atoms with Crippen molar-refractivity contribution in [3.8, 4) is 5.69 Å². The lowest BCUT2D eigenvalue weighted by Gasteiger charge is -2.07. The molecule has 0 bridgehead atoms. The fourth-order valence-electron chi connectivity index (χ4n) is 2.88. The second-order valence-corrected chi connectivity index (χ2v) is 6.96. The number of aromatic nitrogens is 4. The van der Waals surface area contributed by atoms with Gasteiger partial charge in [-0.15, -0.1) is 0 Å². The molecule has 142 valence electrons. The predicted octanol–water partition coefficient (Wildman–Crippen LogP) is 5.18. The molecule has 0 saturated heterocycles. The Bertz CT molecular complexity index is 707. The highest BCUT2D eigenvalue weighted by atomic mass is 32.1. The number of carbonyl (C=O) groups excluding carboxylic acids is 1. The number of hydrogen-bond donors (Lipinski definition) is 2. The Kier molecular flexibility index (Phi) is 9.03. The third-order valence-electron chi connectivity index (χ3n) is 4.39. The summed E-state index contributed by atoms with van der Waals surface area (Å²) in [6.45, 7) is 2.24. The van der Waals surface area contributed by atoms with Gasteiger partial charge in [0.1, 0.15) is 0 Å². The molecule has 2 N–H and O–H groups in total. The number of unbranched alkanes of at least 4 members (excludes halogenated alkanes) is 8. The highest BCUT2D eigenvalue weighted by Gasteiger charge is 2.04. The van der Waals surface area contributed by atoms with Crippen LogP contribution in [0.4, 0.5) is 5.69 Å². The molecule has 0 atom stereocenters. The number of aromatic amines is 1. The number of tetrazole rings is 1. The van der Waals surface area contributed by atoms with Crippen molar-refractivity contribution in [2.75, 3.05) is 5.32 Å². The molecule has 1 amide bonds. The van der Waals surface area contributed by atoms with Gasteiger partial charge in [-0.3, -0.25) is 4.79 Å². The maximum Gasteiger partial charge on any atom is 0.242 e. The van der Waals surface area contributed by atoms with Crippen LogP contribution in [0.5, 0.6) is 0 Å². The fraction of sp³-hybridized carbons (Fsp3) is 0.579. The van der Waals surface area contributed by atoms with Gasteiger partial charge in [-0.05, 0) is 42.9 Å². The van der Waals surface area contributed by atoms with Crippen molar-refractivity contribution in [2.24, 2.45) is 0 Å². The topological polar surface area (TPSA) is 75.6 Å². The number of hydrogen-bond acceptors (Lipinski definition) is 4. The van der Waals surface area contributed by atoms with Crippen LogP contribution >= 0.6 is 12.2 Å². The van der Waals surface area contributed by atoms with E-state index < -0.39 is 0 Å². The van der Waals surface area contributed by atoms with E-state index in [-0.39, 0.29) is 5.91 Å². The van der Waals surface area contributed by atoms with Crippen molar-refractivity contribution in [1.82, 2.24) is 20.2 Å². The van der Waals surface area contributed by atoms with Crippen molar-refractivity contribution >= 4 is 23.8 Å². The van der Waals surface area contributed by atoms with Crippen LogP contribution in [0, 0.1) is 4.77 Å². The van der Waals surface area contributed by atoms with Gasteiger partial charge in [-0.2, -0.15) is 5.21 Å². The predicted molar refractivity (Wildman–Crippen MR) is 107 cm³/mol. The van der Waals surface area contributed by atoms with Crippen LogP contribution in [0.1, 0.15) is 71.1 Å². The zero-order valence-electron chi connectivity index (χ0n) is 15.5. The zero-order chi connectivity index (χ0) is 18.6. The number of carbonyl (C=O) groups is 1. The van der Waals surface area contributed by atoms with Crippen molar-refractivity contribution in [3.63, 3.8) is 0 Å². The minimum Gasteiger partial charge on any atom is -0.326 e. The van der Waals surface area contributed by atoms with Gasteiger partial charge < -0.3 is 5.32 Å². The van der Waals surface area contributed by atoms with Gasteiger partial charge in [0.25, 0.3) is 0 Å². The van der Waals surface area contributed by atoms with Gasteiger partial charge in [0.05, 0.1) is 5.69 Å². The third kappa shape index (κ3) is 7.07. The molecule has 0 spiro atoms. The first kappa shape index (κ1) is 20.3. The summed E-state index contributed by atoms with van der Waals surface area (Å²) in [5, 5.41) is 13.0. The number of benzene rings is 1. The monoisotopic (exact) mass is 375 g/mol. The molecule has 0 fully saturated rings. The SMILES string of the molecule is CCCCCCCCCCCC(=O)Nc1ccc(-n2[nH]nnc2=S)cc1. The summed E-state index contributed by atoms with van der Waals surface area (Å²) in [4.78, 5) is 12.0. The molecule has 6 nitrogen and oxygen atoms in total. The second kappa shape index (κ2) is 11.6. The lowest BCUT2D eigenvalue weighted by molar-refractivity contribution is -0.116. The van der Waals surface area contributed by atoms with Crippen molar-refractivity contribution in [3.05, 3.63) is 29.0 Å². The first-order valence-electron chi connectivity index (χ1n) is 9.61. The smallest absolute Gasteiger partial charge is 0.242 e. The fourth-order valence-corrected chi connectivity index (χ4v) is 3.07. The van der Waals surface area contributed by atoms with Crippen LogP contribution < -0.4 is 5.32 Å². The standard InChI is InChI=1S/C19H29N5OS/c1-2-3-4-5-6-7-8-9-10-11-18(25)20-16-12-14-17(15-13-16)24-19(26)21-22-23-24/h12-15H,2-11H2,1H3,(H,20,25)(H,21,23,26). The molecular weight excluding hydrogens is 346 g/mol. The molecule has 1 aromatic carbocycles. The average Bonchev–Trinajstić information content (AvgIpc) is 3.07. The molecule has 7 heteroatoms. The molecule has 26 heavy (non-hydrogen) atoms. The summed E-state index contributed by atoms with van der Waals surface area (Å²) in [5.74, 6) is 0.0699. The maximum atomic E-state index is 12.0. The van der Waals surface area contributed by atoms with E-state index in [1.54, 1.807) is 4.68 Å². The van der Waals surface area contributed by atoms with Crippen LogP contribution in [0.2, 0.25) is 0 Å². The highest BCUT2D eigenvalue weighted by molar-refractivity contribution is 7.71. The molecular formula is C19H29N5OS. The van der Waals surface area contributed by atoms with Crippen LogP contribution in [0.15, 0.2) is 24.3 Å². The van der Waals surface area contributed by atoms with Crippen LogP contribution in [-0.4, -0.2) is 26.1 Å². The Labute approximate surface area is 160 Å². The van der Waals surface area contributed by atoms with Crippen LogP contribution in [0.3, 0.4) is 0 Å². The van der Waals surface area contributed by atoms with E-state index in [0.29, 0.717) is 11.2 Å². The summed E-state index contributed by atoms with van der Waals surface area (Å²) in [5.41, 5.74) is 1.62. The molecule has 0 saturated carbocycles. The van der Waals surface area contributed by atoms with Gasteiger partial charge in [0, 0.05) is 12.1 Å². The molecule has 2 aromatic rings. The highest BCUT2D eigenvalue weighted by Crippen LogP contribution is 2.14. The molecule has 0 unspecified atom stereocenters. The van der Waals surface area contributed by atoms with E-state index in [1.165, 1.54) is 44.9 Å². The van der Waals surface area contributed by atoms with Gasteiger partial charge in [-0.1, -0.05) is 68.6 Å². The quantitative estimate of drug-likeness (QED) is 0.396. The molecule has 0 aliphatic heterocycles. The first-order chi connectivity index (χ1) is 12.7. The summed E-state index contributed by atoms with van der Waals surface area (Å²) in [7, 11) is 0. The summed E-state index contributed by atoms with van der Waals surface area (Å²) < 4.78 is 1.97. The Morgan fingerprint density at radius 2 is 1.65 bits per heavy atom. The molecule has 2 rings (SSSR count). The van der Waals surface area contributed by atoms with E-state index in [0.717, 1.165) is 24.2 Å². The minimum atomic E-state index is 0.0699. The normalized spacial score (nSPS) is 10.8. The zero-order valence-corrected chi connectivity index (χ0v) is 16.4. The molecule has 1 aromatic heterocycles. The summed E-state index contributed by atoms with van der Waals surface area (Å²) >= 11 is 5.06. The number of rotatable bonds is 12. The van der Waals surface area contributed by atoms with E-state index in [4.69, 9.17) is 12.2 Å². The van der Waals surface area contributed by atoms with Crippen molar-refractivity contribution in [1.29, 1.82) is 0 Å². The molecule has 0 radical (unpaired) electrons. The van der Waals surface area contributed by atoms with Crippen molar-refractivity contribution in [2.45, 2.75) is 71.1 Å². The van der Waals surface area contributed by atoms with Crippen molar-refractivity contribution < 1.29 is 4.79 Å². The van der Waals surface area contributed by atoms with Crippen LogP contribution in [-0.2, 0) is 4.79 Å². The maximum absolute atomic E-state index is 12.0. The van der Waals surface area contributed by atoms with E-state index in [2.05, 4.69) is 27.8 Å². The Balaban J connectivity index is 1.61. The van der Waals surface area contributed by atoms with Crippen LogP contribution in [0.25, 0.3) is 5.69 Å². The first-order valence-corrected chi connectivity index (χ1v) is 10.0. The number of H-pyrrole nitrogens is 1. The van der Waals surface area contributed by atoms with Gasteiger partial charge in [-0.25, -0.2) is 4.68 Å². The minimum absolute atomic E-state index is 0.0699. The second-order valence-electron chi connectivity index (χ2n) is 6.59. The van der Waals surface area contributed by atoms with E-state index in [1.807, 2.05) is 24.3 Å². The summed E-state index contributed by atoms with van der Waals surface area (Å²) in [6.07, 6.45) is 11.9. The average molecular weight is 376 g/mol. The number of anilines is 1. The molecule has 0 aliphatic carbocycles. The Morgan fingerprint density at radius 3 is 2.23 bits per heavy atom. The molecule has 0 aliphatic rings. The Morgan fingerprint density at radius 1 is 1.04 bits per heavy atom. The van der Waals surface area contributed by atoms with Gasteiger partial charge >= 0.3 is 0 Å². The van der Waals surface area contributed by atoms with E-state index >= 15 is 0 Å². The number of nitrogens with one attached hydrogen (secondary N) is 2. The summed E-state index contributed by atoms with van der Waals surface area (Å²) in [6, 6.07) is 7.44. The van der Waals surface area contributed by atoms with Gasteiger partial charge in [0.2, 0.25) is 10.7 Å². The lowest BCUT2D eigenvalue weighted by atomic mass is 10.1. The third-order valence-corrected chi connectivity index (χ3v) is 4.65. The number of amides is 1. The molecule has 1 heterocycles. The van der Waals surface area contributed by atoms with E-state index in [9.17, 15) is 4.79 Å². The lowest BCUT2D eigenvalue weighted by Crippen LogP contribution is -2.11. The number of nitrogens with zero attached hydrogens (tertiary/aromatic N) is 3.